The van der Waals surface area contributed by atoms with E-state index in [0.717, 1.165) is 6.07 Å². The van der Waals surface area contributed by atoms with Crippen molar-refractivity contribution >= 4 is 17.4 Å². The summed E-state index contributed by atoms with van der Waals surface area (Å²) in [5.41, 5.74) is 4.33. The zero-order valence-corrected chi connectivity index (χ0v) is 11.6. The molecular weight excluding hydrogens is 285 g/mol. The van der Waals surface area contributed by atoms with Crippen molar-refractivity contribution in [2.75, 3.05) is 43.4 Å². The molecule has 0 spiro atoms. The van der Waals surface area contributed by atoms with Gasteiger partial charge in [0.2, 0.25) is 0 Å². The first-order chi connectivity index (χ1) is 9.77. The minimum atomic E-state index is -4.49. The lowest BCUT2D eigenvalue weighted by Crippen LogP contribution is -2.45. The van der Waals surface area contributed by atoms with Gasteiger partial charge in [-0.05, 0) is 25.2 Å². The van der Waals surface area contributed by atoms with Crippen molar-refractivity contribution < 1.29 is 18.0 Å². The van der Waals surface area contributed by atoms with Gasteiger partial charge in [0.1, 0.15) is 0 Å². The molecule has 0 saturated carbocycles. The number of anilines is 2. The summed E-state index contributed by atoms with van der Waals surface area (Å²) in [6, 6.07) is 2.82. The van der Waals surface area contributed by atoms with E-state index in [0.29, 0.717) is 26.2 Å². The fourth-order valence-electron chi connectivity index (χ4n) is 2.31. The van der Waals surface area contributed by atoms with Crippen LogP contribution in [0.5, 0.6) is 0 Å². The second kappa shape index (κ2) is 5.80. The van der Waals surface area contributed by atoms with E-state index in [-0.39, 0.29) is 11.4 Å². The van der Waals surface area contributed by atoms with E-state index < -0.39 is 17.8 Å². The van der Waals surface area contributed by atoms with Gasteiger partial charge in [-0.15, -0.1) is 0 Å². The van der Waals surface area contributed by atoms with Gasteiger partial charge in [0.05, 0.1) is 5.56 Å². The second-order valence-electron chi connectivity index (χ2n) is 5.01. The Morgan fingerprint density at radius 1 is 1.24 bits per heavy atom. The third kappa shape index (κ3) is 3.78. The summed E-state index contributed by atoms with van der Waals surface area (Å²) in [6.07, 6.45) is -4.49. The second-order valence-corrected chi connectivity index (χ2v) is 5.01. The van der Waals surface area contributed by atoms with Crippen molar-refractivity contribution in [3.8, 4) is 0 Å². The highest BCUT2D eigenvalue weighted by molar-refractivity contribution is 5.88. The van der Waals surface area contributed by atoms with Crippen molar-refractivity contribution in [1.29, 1.82) is 0 Å². The summed E-state index contributed by atoms with van der Waals surface area (Å²) in [6.45, 7) is 2.47. The van der Waals surface area contributed by atoms with E-state index >= 15 is 0 Å². The number of nitrogens with zero attached hydrogens (tertiary/aromatic N) is 2. The Hall–Kier alpha value is -1.96. The number of carbonyl (C=O) groups excluding carboxylic acids is 1. The van der Waals surface area contributed by atoms with Gasteiger partial charge in [-0.2, -0.15) is 13.2 Å². The predicted molar refractivity (Wildman–Crippen MR) is 74.4 cm³/mol. The lowest BCUT2D eigenvalue weighted by molar-refractivity contribution is -0.137. The molecule has 2 amide bonds. The number of hydrogen-bond donors (Lipinski definition) is 2. The number of benzene rings is 1. The first-order valence-corrected chi connectivity index (χ1v) is 6.48. The standard InChI is InChI=1S/C13H17F3N4O/c1-19-4-6-20(7-5-19)11-3-2-9(18-12(17)21)8-10(11)13(14,15)16/h2-3,8H,4-7H2,1H3,(H3,17,18,21). The topological polar surface area (TPSA) is 61.6 Å². The minimum absolute atomic E-state index is 0.0349. The van der Waals surface area contributed by atoms with E-state index in [2.05, 4.69) is 10.2 Å². The molecule has 0 aromatic heterocycles. The number of likely N-dealkylation sites (N-methyl/N-ethyl adjacent to an activating group) is 1. The van der Waals surface area contributed by atoms with E-state index in [9.17, 15) is 18.0 Å². The molecule has 1 aromatic rings. The van der Waals surface area contributed by atoms with Gasteiger partial charge >= 0.3 is 12.2 Å². The maximum Gasteiger partial charge on any atom is 0.418 e. The van der Waals surface area contributed by atoms with Crippen molar-refractivity contribution in [2.45, 2.75) is 6.18 Å². The predicted octanol–water partition coefficient (Wildman–Crippen LogP) is 1.95. The highest BCUT2D eigenvalue weighted by Gasteiger charge is 2.35. The number of nitrogens with one attached hydrogen (secondary N) is 1. The Labute approximate surface area is 120 Å². The molecule has 0 atom stereocenters. The van der Waals surface area contributed by atoms with Crippen LogP contribution in [-0.4, -0.2) is 44.2 Å². The smallest absolute Gasteiger partial charge is 0.368 e. The minimum Gasteiger partial charge on any atom is -0.368 e. The molecule has 1 aromatic carbocycles. The van der Waals surface area contributed by atoms with Crippen molar-refractivity contribution in [1.82, 2.24) is 4.90 Å². The van der Waals surface area contributed by atoms with Crippen LogP contribution in [0.3, 0.4) is 0 Å². The number of piperazine rings is 1. The number of urea groups is 1. The molecular formula is C13H17F3N4O. The molecule has 5 nitrogen and oxygen atoms in total. The van der Waals surface area contributed by atoms with Crippen LogP contribution in [0.25, 0.3) is 0 Å². The molecule has 21 heavy (non-hydrogen) atoms. The molecule has 0 aliphatic carbocycles. The van der Waals surface area contributed by atoms with Gasteiger partial charge in [0.15, 0.2) is 0 Å². The summed E-state index contributed by atoms with van der Waals surface area (Å²) in [5, 5.41) is 2.17. The Balaban J connectivity index is 2.33. The van der Waals surface area contributed by atoms with E-state index in [1.807, 2.05) is 7.05 Å². The Morgan fingerprint density at radius 2 is 1.86 bits per heavy atom. The molecule has 1 saturated heterocycles. The van der Waals surface area contributed by atoms with Crippen LogP contribution < -0.4 is 16.0 Å². The lowest BCUT2D eigenvalue weighted by atomic mass is 10.1. The number of rotatable bonds is 2. The first-order valence-electron chi connectivity index (χ1n) is 6.48. The third-order valence-corrected chi connectivity index (χ3v) is 3.41. The summed E-state index contributed by atoms with van der Waals surface area (Å²) < 4.78 is 39.6. The molecule has 1 aliphatic rings. The fourth-order valence-corrected chi connectivity index (χ4v) is 2.31. The van der Waals surface area contributed by atoms with Crippen LogP contribution in [-0.2, 0) is 6.18 Å². The third-order valence-electron chi connectivity index (χ3n) is 3.41. The van der Waals surface area contributed by atoms with Gasteiger partial charge in [0, 0.05) is 37.6 Å². The van der Waals surface area contributed by atoms with Gasteiger partial charge in [-0.3, -0.25) is 0 Å². The van der Waals surface area contributed by atoms with Gasteiger partial charge in [-0.25, -0.2) is 4.79 Å². The van der Waals surface area contributed by atoms with Crippen LogP contribution in [0.15, 0.2) is 18.2 Å². The Morgan fingerprint density at radius 3 is 2.38 bits per heavy atom. The van der Waals surface area contributed by atoms with Crippen LogP contribution in [0.2, 0.25) is 0 Å². The van der Waals surface area contributed by atoms with Gasteiger partial charge < -0.3 is 20.9 Å². The molecule has 1 fully saturated rings. The normalized spacial score (nSPS) is 16.9. The highest BCUT2D eigenvalue weighted by atomic mass is 19.4. The molecule has 0 radical (unpaired) electrons. The number of hydrogen-bond acceptors (Lipinski definition) is 3. The fraction of sp³-hybridized carbons (Fsp3) is 0.462. The van der Waals surface area contributed by atoms with Crippen LogP contribution in [0.4, 0.5) is 29.3 Å². The molecule has 8 heteroatoms. The van der Waals surface area contributed by atoms with E-state index in [1.165, 1.54) is 12.1 Å². The molecule has 0 bridgehead atoms. The van der Waals surface area contributed by atoms with Crippen LogP contribution in [0, 0.1) is 0 Å². The number of carbonyl (C=O) groups is 1. The largest absolute Gasteiger partial charge is 0.418 e. The maximum absolute atomic E-state index is 13.2. The summed E-state index contributed by atoms with van der Waals surface area (Å²) in [7, 11) is 1.93. The van der Waals surface area contributed by atoms with E-state index in [4.69, 9.17) is 5.73 Å². The lowest BCUT2D eigenvalue weighted by Gasteiger charge is -2.35. The van der Waals surface area contributed by atoms with Gasteiger partial charge in [-0.1, -0.05) is 0 Å². The monoisotopic (exact) mass is 302 g/mol. The zero-order valence-electron chi connectivity index (χ0n) is 11.6. The number of halogens is 3. The first kappa shape index (κ1) is 15.4. The Kier molecular flexibility index (Phi) is 4.26. The number of amides is 2. The molecule has 1 aliphatic heterocycles. The zero-order chi connectivity index (χ0) is 15.6. The van der Waals surface area contributed by atoms with Crippen molar-refractivity contribution in [3.05, 3.63) is 23.8 Å². The van der Waals surface area contributed by atoms with Crippen molar-refractivity contribution in [2.24, 2.45) is 5.73 Å². The summed E-state index contributed by atoms with van der Waals surface area (Å²) in [4.78, 5) is 14.5. The summed E-state index contributed by atoms with van der Waals surface area (Å²) >= 11 is 0. The number of nitrogens with two attached hydrogens (primary N) is 1. The molecule has 2 rings (SSSR count). The van der Waals surface area contributed by atoms with Crippen LogP contribution >= 0.6 is 0 Å². The van der Waals surface area contributed by atoms with Gasteiger partial charge in [0.25, 0.3) is 0 Å². The van der Waals surface area contributed by atoms with E-state index in [1.54, 1.807) is 4.90 Å². The average molecular weight is 302 g/mol. The SMILES string of the molecule is CN1CCN(c2ccc(NC(N)=O)cc2C(F)(F)F)CC1. The molecule has 0 unspecified atom stereocenters. The van der Waals surface area contributed by atoms with Crippen molar-refractivity contribution in [3.63, 3.8) is 0 Å². The summed E-state index contributed by atoms with van der Waals surface area (Å²) in [5.74, 6) is 0. The highest BCUT2D eigenvalue weighted by Crippen LogP contribution is 2.38. The van der Waals surface area contributed by atoms with Crippen LogP contribution in [0.1, 0.15) is 5.56 Å². The maximum atomic E-state index is 13.2. The Bertz CT molecular complexity index is 525. The molecule has 1 heterocycles. The quantitative estimate of drug-likeness (QED) is 0.878. The number of primary amides is 1. The number of alkyl halides is 3. The average Bonchev–Trinajstić information content (AvgIpc) is 2.38. The molecule has 3 N–H and O–H groups in total. The molecule has 116 valence electrons.